The molecular weight excluding hydrogens is 386 g/mol. The Morgan fingerprint density at radius 1 is 1.13 bits per heavy atom. The van der Waals surface area contributed by atoms with Crippen LogP contribution in [-0.2, 0) is 19.1 Å². The second kappa shape index (κ2) is 13.7. The lowest BCUT2D eigenvalue weighted by Gasteiger charge is -2.25. The van der Waals surface area contributed by atoms with Gasteiger partial charge in [0.05, 0.1) is 6.54 Å². The van der Waals surface area contributed by atoms with Crippen LogP contribution in [0.1, 0.15) is 66.0 Å². The van der Waals surface area contributed by atoms with E-state index in [1.807, 2.05) is 20.8 Å². The molecular formula is C22H37N3O5. The number of aliphatic hydroxyl groups excluding tert-OH is 1. The van der Waals surface area contributed by atoms with E-state index >= 15 is 0 Å². The van der Waals surface area contributed by atoms with Crippen LogP contribution in [0.25, 0.3) is 0 Å². The van der Waals surface area contributed by atoms with Gasteiger partial charge in [0.2, 0.25) is 5.91 Å². The fourth-order valence-electron chi connectivity index (χ4n) is 2.45. The molecule has 0 bridgehead atoms. The molecule has 0 fully saturated rings. The number of aliphatic hydroxyl groups is 1. The van der Waals surface area contributed by atoms with Crippen molar-refractivity contribution in [2.45, 2.75) is 78.2 Å². The fourth-order valence-corrected chi connectivity index (χ4v) is 2.45. The predicted octanol–water partition coefficient (Wildman–Crippen LogP) is 1.82. The first-order chi connectivity index (χ1) is 14.0. The predicted molar refractivity (Wildman–Crippen MR) is 116 cm³/mol. The SMILES string of the molecule is CC.CCCC(N)C(O)C(=O)NCC(=O)NC(C(=O)OC(C)(C)C)c1ccccc1. The highest BCUT2D eigenvalue weighted by Gasteiger charge is 2.28. The van der Waals surface area contributed by atoms with Gasteiger partial charge in [0.1, 0.15) is 11.7 Å². The van der Waals surface area contributed by atoms with Gasteiger partial charge >= 0.3 is 5.97 Å². The molecule has 1 rings (SSSR count). The number of amides is 2. The molecule has 0 aliphatic carbocycles. The molecule has 2 amide bonds. The summed E-state index contributed by atoms with van der Waals surface area (Å²) in [4.78, 5) is 36.7. The zero-order valence-electron chi connectivity index (χ0n) is 18.9. The highest BCUT2D eigenvalue weighted by Crippen LogP contribution is 2.18. The van der Waals surface area contributed by atoms with E-state index in [-0.39, 0.29) is 0 Å². The molecule has 0 heterocycles. The molecule has 3 atom stereocenters. The van der Waals surface area contributed by atoms with Crippen molar-refractivity contribution in [3.8, 4) is 0 Å². The molecule has 0 spiro atoms. The molecule has 1 aromatic carbocycles. The van der Waals surface area contributed by atoms with E-state index in [0.29, 0.717) is 12.0 Å². The Bertz CT molecular complexity index is 658. The summed E-state index contributed by atoms with van der Waals surface area (Å²) in [6.07, 6.45) is -0.195. The largest absolute Gasteiger partial charge is 0.458 e. The van der Waals surface area contributed by atoms with Crippen molar-refractivity contribution < 1.29 is 24.2 Å². The van der Waals surface area contributed by atoms with E-state index in [4.69, 9.17) is 10.5 Å². The molecule has 170 valence electrons. The van der Waals surface area contributed by atoms with Crippen LogP contribution in [0.3, 0.4) is 0 Å². The molecule has 0 saturated heterocycles. The molecule has 0 aliphatic rings. The van der Waals surface area contributed by atoms with Crippen molar-refractivity contribution in [2.24, 2.45) is 5.73 Å². The van der Waals surface area contributed by atoms with Gasteiger partial charge in [0, 0.05) is 6.04 Å². The van der Waals surface area contributed by atoms with E-state index in [9.17, 15) is 19.5 Å². The number of esters is 1. The standard InChI is InChI=1S/C20H31N3O5.C2H6/c1-5-9-14(21)17(25)18(26)22-12-15(24)23-16(13-10-7-6-8-11-13)19(27)28-20(2,3)4;1-2/h6-8,10-11,14,16-17,25H,5,9,12,21H2,1-4H3,(H,22,26)(H,23,24);1-2H3. The lowest BCUT2D eigenvalue weighted by atomic mass is 10.1. The molecule has 0 aromatic heterocycles. The van der Waals surface area contributed by atoms with Crippen molar-refractivity contribution in [3.05, 3.63) is 35.9 Å². The first-order valence-electron chi connectivity index (χ1n) is 10.3. The van der Waals surface area contributed by atoms with Crippen molar-refractivity contribution in [3.63, 3.8) is 0 Å². The number of nitrogens with one attached hydrogen (secondary N) is 2. The Labute approximate surface area is 179 Å². The molecule has 8 nitrogen and oxygen atoms in total. The lowest BCUT2D eigenvalue weighted by molar-refractivity contribution is -0.158. The summed E-state index contributed by atoms with van der Waals surface area (Å²) in [6.45, 7) is 10.7. The number of carbonyl (C=O) groups is 3. The smallest absolute Gasteiger partial charge is 0.333 e. The Morgan fingerprint density at radius 3 is 2.20 bits per heavy atom. The van der Waals surface area contributed by atoms with Gasteiger partial charge in [-0.1, -0.05) is 57.5 Å². The first-order valence-corrected chi connectivity index (χ1v) is 10.3. The van der Waals surface area contributed by atoms with E-state index in [1.165, 1.54) is 0 Å². The average molecular weight is 424 g/mol. The van der Waals surface area contributed by atoms with Gasteiger partial charge in [-0.05, 0) is 32.8 Å². The Hall–Kier alpha value is -2.45. The second-order valence-electron chi connectivity index (χ2n) is 7.56. The number of nitrogens with two attached hydrogens (primary N) is 1. The summed E-state index contributed by atoms with van der Waals surface area (Å²) in [5.41, 5.74) is 5.55. The minimum Gasteiger partial charge on any atom is -0.458 e. The normalized spacial score (nSPS) is 13.7. The van der Waals surface area contributed by atoms with Crippen LogP contribution in [0.5, 0.6) is 0 Å². The lowest BCUT2D eigenvalue weighted by Crippen LogP contribution is -2.49. The molecule has 0 radical (unpaired) electrons. The number of rotatable bonds is 9. The summed E-state index contributed by atoms with van der Waals surface area (Å²) in [5, 5.41) is 14.8. The van der Waals surface area contributed by atoms with Gasteiger partial charge in [0.25, 0.3) is 5.91 Å². The maximum atomic E-state index is 12.5. The molecule has 30 heavy (non-hydrogen) atoms. The number of ether oxygens (including phenoxy) is 1. The number of carbonyl (C=O) groups excluding carboxylic acids is 3. The molecule has 1 aromatic rings. The molecule has 5 N–H and O–H groups in total. The van der Waals surface area contributed by atoms with Gasteiger partial charge < -0.3 is 26.2 Å². The Balaban J connectivity index is 0.00000407. The Kier molecular flexibility index (Phi) is 12.6. The maximum absolute atomic E-state index is 12.5. The first kappa shape index (κ1) is 27.5. The molecule has 0 aliphatic heterocycles. The van der Waals surface area contributed by atoms with Crippen LogP contribution in [0, 0.1) is 0 Å². The van der Waals surface area contributed by atoms with Crippen molar-refractivity contribution in [1.82, 2.24) is 10.6 Å². The zero-order chi connectivity index (χ0) is 23.3. The van der Waals surface area contributed by atoms with E-state index in [0.717, 1.165) is 6.42 Å². The zero-order valence-corrected chi connectivity index (χ0v) is 18.9. The van der Waals surface area contributed by atoms with Crippen LogP contribution < -0.4 is 16.4 Å². The molecule has 8 heteroatoms. The van der Waals surface area contributed by atoms with Gasteiger partial charge in [-0.25, -0.2) is 4.79 Å². The highest BCUT2D eigenvalue weighted by molar-refractivity contribution is 5.90. The fraction of sp³-hybridized carbons (Fsp3) is 0.591. The second-order valence-corrected chi connectivity index (χ2v) is 7.56. The van der Waals surface area contributed by atoms with E-state index in [2.05, 4.69) is 10.6 Å². The van der Waals surface area contributed by atoms with Crippen LogP contribution in [0.15, 0.2) is 30.3 Å². The van der Waals surface area contributed by atoms with E-state index < -0.39 is 48.1 Å². The molecule has 0 saturated carbocycles. The van der Waals surface area contributed by atoms with Crippen LogP contribution in [0.4, 0.5) is 0 Å². The minimum absolute atomic E-state index is 0.402. The van der Waals surface area contributed by atoms with Crippen molar-refractivity contribution >= 4 is 17.8 Å². The van der Waals surface area contributed by atoms with Gasteiger partial charge in [-0.3, -0.25) is 9.59 Å². The topological polar surface area (TPSA) is 131 Å². The summed E-state index contributed by atoms with van der Waals surface area (Å²) in [6, 6.07) is 6.95. The summed E-state index contributed by atoms with van der Waals surface area (Å²) in [7, 11) is 0. The summed E-state index contributed by atoms with van der Waals surface area (Å²) >= 11 is 0. The van der Waals surface area contributed by atoms with Gasteiger partial charge in [-0.15, -0.1) is 0 Å². The average Bonchev–Trinajstić information content (AvgIpc) is 2.70. The number of hydrogen-bond acceptors (Lipinski definition) is 6. The van der Waals surface area contributed by atoms with Crippen LogP contribution >= 0.6 is 0 Å². The quantitative estimate of drug-likeness (QED) is 0.448. The third-order valence-electron chi connectivity index (χ3n) is 3.80. The van der Waals surface area contributed by atoms with Crippen LogP contribution in [-0.4, -0.2) is 47.2 Å². The van der Waals surface area contributed by atoms with Gasteiger partial charge in [0.15, 0.2) is 6.04 Å². The van der Waals surface area contributed by atoms with E-state index in [1.54, 1.807) is 51.1 Å². The summed E-state index contributed by atoms with van der Waals surface area (Å²) < 4.78 is 5.38. The number of hydrogen-bond donors (Lipinski definition) is 4. The highest BCUT2D eigenvalue weighted by atomic mass is 16.6. The van der Waals surface area contributed by atoms with Crippen molar-refractivity contribution in [2.75, 3.05) is 6.54 Å². The van der Waals surface area contributed by atoms with Crippen LogP contribution in [0.2, 0.25) is 0 Å². The monoisotopic (exact) mass is 423 g/mol. The summed E-state index contributed by atoms with van der Waals surface area (Å²) in [5.74, 6) is -1.93. The third kappa shape index (κ3) is 10.4. The Morgan fingerprint density at radius 2 is 1.70 bits per heavy atom. The van der Waals surface area contributed by atoms with Crippen molar-refractivity contribution in [1.29, 1.82) is 0 Å². The van der Waals surface area contributed by atoms with Gasteiger partial charge in [-0.2, -0.15) is 0 Å². The minimum atomic E-state index is -1.40. The maximum Gasteiger partial charge on any atom is 0.333 e. The molecule has 3 unspecified atom stereocenters. The third-order valence-corrected chi connectivity index (χ3v) is 3.80. The number of benzene rings is 1.